The van der Waals surface area contributed by atoms with Gasteiger partial charge in [-0.15, -0.1) is 23.1 Å². The molecule has 1 saturated carbocycles. The molecule has 0 unspecified atom stereocenters. The van der Waals surface area contributed by atoms with Gasteiger partial charge in [0.05, 0.1) is 17.0 Å². The van der Waals surface area contributed by atoms with Crippen molar-refractivity contribution < 1.29 is 9.32 Å². The van der Waals surface area contributed by atoms with Crippen LogP contribution in [0.4, 0.5) is 5.13 Å². The number of carbonyl (C=O) groups excluding carboxylic acids is 1. The van der Waals surface area contributed by atoms with Gasteiger partial charge < -0.3 is 4.52 Å². The summed E-state index contributed by atoms with van der Waals surface area (Å²) in [4.78, 5) is 18.2. The van der Waals surface area contributed by atoms with Crippen LogP contribution in [-0.2, 0) is 5.75 Å². The Bertz CT molecular complexity index is 924. The molecule has 1 fully saturated rings. The van der Waals surface area contributed by atoms with Crippen molar-refractivity contribution in [1.29, 1.82) is 0 Å². The standard InChI is InChI=1S/C19H19N3O2S2/c1-11-15(12(2)24-22-11)9-25-17-6-4-3-5-14(17)18(23)21-19-20-16(10-26-19)13-7-8-13/h3-6,10,13H,7-9H2,1-2H3,(H,20,21,23). The zero-order valence-corrected chi connectivity index (χ0v) is 16.2. The Kier molecular flexibility index (Phi) is 4.82. The Balaban J connectivity index is 1.48. The number of thiazole rings is 1. The van der Waals surface area contributed by atoms with Gasteiger partial charge in [0, 0.05) is 27.5 Å². The predicted octanol–water partition coefficient (Wildman–Crippen LogP) is 5.17. The summed E-state index contributed by atoms with van der Waals surface area (Å²) in [5.74, 6) is 2.01. The van der Waals surface area contributed by atoms with E-state index in [1.807, 2.05) is 43.5 Å². The van der Waals surface area contributed by atoms with Gasteiger partial charge in [-0.05, 0) is 38.8 Å². The number of benzene rings is 1. The number of thioether (sulfide) groups is 1. The molecule has 1 aliphatic rings. The van der Waals surface area contributed by atoms with Gasteiger partial charge in [-0.1, -0.05) is 17.3 Å². The molecule has 0 radical (unpaired) electrons. The normalized spacial score (nSPS) is 13.8. The summed E-state index contributed by atoms with van der Waals surface area (Å²) < 4.78 is 5.22. The van der Waals surface area contributed by atoms with Crippen LogP contribution in [0.3, 0.4) is 0 Å². The number of aryl methyl sites for hydroxylation is 2. The average molecular weight is 386 g/mol. The lowest BCUT2D eigenvalue weighted by Crippen LogP contribution is -2.12. The lowest BCUT2D eigenvalue weighted by atomic mass is 10.2. The van der Waals surface area contributed by atoms with Crippen molar-refractivity contribution >= 4 is 34.1 Å². The quantitative estimate of drug-likeness (QED) is 0.593. The molecule has 0 bridgehead atoms. The fourth-order valence-electron chi connectivity index (χ4n) is 2.71. The van der Waals surface area contributed by atoms with Crippen molar-refractivity contribution in [3.63, 3.8) is 0 Å². The van der Waals surface area contributed by atoms with E-state index in [1.54, 1.807) is 11.8 Å². The van der Waals surface area contributed by atoms with Gasteiger partial charge in [-0.3, -0.25) is 10.1 Å². The third-order valence-corrected chi connectivity index (χ3v) is 6.30. The van der Waals surface area contributed by atoms with E-state index < -0.39 is 0 Å². The Morgan fingerprint density at radius 1 is 1.35 bits per heavy atom. The van der Waals surface area contributed by atoms with Gasteiger partial charge >= 0.3 is 0 Å². The van der Waals surface area contributed by atoms with Crippen LogP contribution >= 0.6 is 23.1 Å². The average Bonchev–Trinajstić information content (AvgIpc) is 3.31. The number of carbonyl (C=O) groups is 1. The lowest BCUT2D eigenvalue weighted by molar-refractivity contribution is 0.102. The summed E-state index contributed by atoms with van der Waals surface area (Å²) in [6, 6.07) is 7.64. The second-order valence-electron chi connectivity index (χ2n) is 6.39. The number of nitrogens with one attached hydrogen (secondary N) is 1. The zero-order chi connectivity index (χ0) is 18.1. The van der Waals surface area contributed by atoms with Gasteiger partial charge in [-0.2, -0.15) is 0 Å². The first kappa shape index (κ1) is 17.3. The van der Waals surface area contributed by atoms with E-state index in [0.717, 1.165) is 27.6 Å². The molecule has 0 aliphatic heterocycles. The highest BCUT2D eigenvalue weighted by atomic mass is 32.2. The molecule has 2 heterocycles. The fraction of sp³-hybridized carbons (Fsp3) is 0.316. The molecule has 5 nitrogen and oxygen atoms in total. The first-order valence-electron chi connectivity index (χ1n) is 8.52. The van der Waals surface area contributed by atoms with Crippen LogP contribution in [0.25, 0.3) is 0 Å². The number of hydrogen-bond acceptors (Lipinski definition) is 6. The number of hydrogen-bond donors (Lipinski definition) is 1. The second kappa shape index (κ2) is 7.25. The van der Waals surface area contributed by atoms with Crippen LogP contribution in [0.1, 0.15) is 51.8 Å². The van der Waals surface area contributed by atoms with Gasteiger partial charge in [0.1, 0.15) is 5.76 Å². The van der Waals surface area contributed by atoms with Crippen LogP contribution in [0.15, 0.2) is 39.1 Å². The van der Waals surface area contributed by atoms with Gasteiger partial charge in [0.15, 0.2) is 5.13 Å². The molecule has 1 aliphatic carbocycles. The summed E-state index contributed by atoms with van der Waals surface area (Å²) in [7, 11) is 0. The maximum atomic E-state index is 12.7. The number of aromatic nitrogens is 2. The number of nitrogens with zero attached hydrogens (tertiary/aromatic N) is 2. The minimum Gasteiger partial charge on any atom is -0.361 e. The van der Waals surface area contributed by atoms with E-state index in [-0.39, 0.29) is 5.91 Å². The smallest absolute Gasteiger partial charge is 0.258 e. The molecule has 0 saturated heterocycles. The molecule has 1 N–H and O–H groups in total. The molecular weight excluding hydrogens is 366 g/mol. The summed E-state index contributed by atoms with van der Waals surface area (Å²) in [5.41, 5.74) is 3.74. The van der Waals surface area contributed by atoms with Crippen LogP contribution in [-0.4, -0.2) is 16.0 Å². The topological polar surface area (TPSA) is 68.0 Å². The monoisotopic (exact) mass is 385 g/mol. The molecular formula is C19H19N3O2S2. The number of rotatable bonds is 6. The highest BCUT2D eigenvalue weighted by molar-refractivity contribution is 7.98. The van der Waals surface area contributed by atoms with Crippen LogP contribution < -0.4 is 5.32 Å². The van der Waals surface area contributed by atoms with Crippen molar-refractivity contribution in [3.8, 4) is 0 Å². The molecule has 1 aromatic carbocycles. The summed E-state index contributed by atoms with van der Waals surface area (Å²) in [5, 5.41) is 9.65. The van der Waals surface area contributed by atoms with E-state index in [1.165, 1.54) is 24.2 Å². The second-order valence-corrected chi connectivity index (χ2v) is 8.27. The van der Waals surface area contributed by atoms with Crippen LogP contribution in [0.2, 0.25) is 0 Å². The van der Waals surface area contributed by atoms with Crippen LogP contribution in [0.5, 0.6) is 0 Å². The Morgan fingerprint density at radius 3 is 2.88 bits per heavy atom. The molecule has 0 atom stereocenters. The Morgan fingerprint density at radius 2 is 2.15 bits per heavy atom. The number of amides is 1. The third-order valence-electron chi connectivity index (χ3n) is 4.42. The SMILES string of the molecule is Cc1noc(C)c1CSc1ccccc1C(=O)Nc1nc(C2CC2)cs1. The molecule has 134 valence electrons. The van der Waals surface area contributed by atoms with Crippen molar-refractivity contribution in [2.45, 2.75) is 43.3 Å². The maximum Gasteiger partial charge on any atom is 0.258 e. The van der Waals surface area contributed by atoms with Gasteiger partial charge in [0.2, 0.25) is 0 Å². The van der Waals surface area contributed by atoms with Crippen molar-refractivity contribution in [3.05, 3.63) is 57.9 Å². The highest BCUT2D eigenvalue weighted by Gasteiger charge is 2.26. The first-order chi connectivity index (χ1) is 12.6. The van der Waals surface area contributed by atoms with E-state index in [0.29, 0.717) is 22.4 Å². The highest BCUT2D eigenvalue weighted by Crippen LogP contribution is 2.41. The summed E-state index contributed by atoms with van der Waals surface area (Å²) in [6.45, 7) is 3.85. The molecule has 0 spiro atoms. The van der Waals surface area contributed by atoms with Crippen LogP contribution in [0, 0.1) is 13.8 Å². The Hall–Kier alpha value is -2.12. The molecule has 4 rings (SSSR count). The van der Waals surface area contributed by atoms with E-state index >= 15 is 0 Å². The van der Waals surface area contributed by atoms with Crippen molar-refractivity contribution in [2.24, 2.45) is 0 Å². The van der Waals surface area contributed by atoms with E-state index in [9.17, 15) is 4.79 Å². The minimum absolute atomic E-state index is 0.122. The van der Waals surface area contributed by atoms with Crippen molar-refractivity contribution in [1.82, 2.24) is 10.1 Å². The molecule has 1 amide bonds. The number of anilines is 1. The first-order valence-corrected chi connectivity index (χ1v) is 10.4. The Labute approximate surface area is 160 Å². The van der Waals surface area contributed by atoms with Gasteiger partial charge in [0.25, 0.3) is 5.91 Å². The summed E-state index contributed by atoms with van der Waals surface area (Å²) in [6.07, 6.45) is 2.41. The third kappa shape index (κ3) is 3.68. The van der Waals surface area contributed by atoms with E-state index in [4.69, 9.17) is 4.52 Å². The molecule has 3 aromatic rings. The zero-order valence-electron chi connectivity index (χ0n) is 14.6. The molecule has 26 heavy (non-hydrogen) atoms. The molecule has 2 aromatic heterocycles. The molecule has 7 heteroatoms. The van der Waals surface area contributed by atoms with Crippen molar-refractivity contribution in [2.75, 3.05) is 5.32 Å². The fourth-order valence-corrected chi connectivity index (χ4v) is 4.70. The predicted molar refractivity (Wildman–Crippen MR) is 104 cm³/mol. The van der Waals surface area contributed by atoms with Gasteiger partial charge in [-0.25, -0.2) is 4.98 Å². The minimum atomic E-state index is -0.122. The maximum absolute atomic E-state index is 12.7. The lowest BCUT2D eigenvalue weighted by Gasteiger charge is -2.08. The van der Waals surface area contributed by atoms with E-state index in [2.05, 4.69) is 15.5 Å². The largest absolute Gasteiger partial charge is 0.361 e. The summed E-state index contributed by atoms with van der Waals surface area (Å²) >= 11 is 3.11.